The van der Waals surface area contributed by atoms with E-state index in [0.29, 0.717) is 0 Å². The van der Waals surface area contributed by atoms with Gasteiger partial charge in [-0.1, -0.05) is 0 Å². The van der Waals surface area contributed by atoms with Gasteiger partial charge in [0.15, 0.2) is 0 Å². The van der Waals surface area contributed by atoms with Gasteiger partial charge in [-0.3, -0.25) is 0 Å². The molecule has 0 fully saturated rings. The second-order valence-electron chi connectivity index (χ2n) is 0.575. The Bertz CT molecular complexity index is 82.6. The van der Waals surface area contributed by atoms with E-state index >= 15 is 0 Å². The molecule has 42 valence electrons. The van der Waals surface area contributed by atoms with Gasteiger partial charge in [0.2, 0.25) is 0 Å². The van der Waals surface area contributed by atoms with Crippen LogP contribution in [0.2, 0.25) is 0 Å². The standard InChI is InChI=1S/C2H2O4.H3N.2Zr/c3-1(4)2(5)6;;;/h(H,3,4)(H,5,6);1H3;;/q;;2*+4/p-2. The van der Waals surface area contributed by atoms with E-state index in [-0.39, 0.29) is 58.6 Å². The summed E-state index contributed by atoms with van der Waals surface area (Å²) < 4.78 is 0. The van der Waals surface area contributed by atoms with Crippen molar-refractivity contribution in [2.45, 2.75) is 0 Å². The van der Waals surface area contributed by atoms with Crippen molar-refractivity contribution >= 4 is 11.9 Å². The van der Waals surface area contributed by atoms with Gasteiger partial charge in [0, 0.05) is 0 Å². The van der Waals surface area contributed by atoms with Gasteiger partial charge in [0.1, 0.15) is 0 Å². The van der Waals surface area contributed by atoms with E-state index < -0.39 is 11.9 Å². The summed E-state index contributed by atoms with van der Waals surface area (Å²) in [5.41, 5.74) is 0. The Morgan fingerprint density at radius 2 is 1.00 bits per heavy atom. The third kappa shape index (κ3) is 17.7. The Morgan fingerprint density at radius 1 is 0.889 bits per heavy atom. The Balaban J connectivity index is -0.0000000417. The van der Waals surface area contributed by atoms with Crippen LogP contribution in [0.25, 0.3) is 0 Å². The normalized spacial score (nSPS) is 4.89. The minimum atomic E-state index is -2.19. The zero-order valence-corrected chi connectivity index (χ0v) is 9.26. The first-order valence-electron chi connectivity index (χ1n) is 1.07. The molecule has 0 radical (unpaired) electrons. The number of carboxylic acids is 2. The number of hydrogen-bond acceptors (Lipinski definition) is 5. The SMILES string of the molecule is N.O=C([O-])C(=O)[O-].[Zr+4].[Zr+4]. The van der Waals surface area contributed by atoms with Gasteiger partial charge in [-0.05, 0) is 0 Å². The molecule has 0 unspecified atom stereocenters. The molecule has 0 rings (SSSR count). The summed E-state index contributed by atoms with van der Waals surface area (Å²) in [6, 6.07) is 0. The second kappa shape index (κ2) is 11.5. The third-order valence-corrected chi connectivity index (χ3v) is 0.167. The maximum Gasteiger partial charge on any atom is 4.00 e. The van der Waals surface area contributed by atoms with Gasteiger partial charge in [-0.2, -0.15) is 0 Å². The molecule has 0 bridgehead atoms. The summed E-state index contributed by atoms with van der Waals surface area (Å²) in [5, 5.41) is 17.9. The molecule has 0 amide bonds. The molecular formula is C2H3NO4Zr2+6. The first kappa shape index (κ1) is 22.6. The fourth-order valence-corrected chi connectivity index (χ4v) is 0. The smallest absolute Gasteiger partial charge is 0.543 e. The van der Waals surface area contributed by atoms with Gasteiger partial charge >= 0.3 is 52.4 Å². The number of rotatable bonds is 0. The van der Waals surface area contributed by atoms with E-state index in [1.807, 2.05) is 0 Å². The van der Waals surface area contributed by atoms with Crippen molar-refractivity contribution in [2.24, 2.45) is 0 Å². The van der Waals surface area contributed by atoms with Crippen LogP contribution in [0.5, 0.6) is 0 Å². The summed E-state index contributed by atoms with van der Waals surface area (Å²) in [5.74, 6) is -4.37. The summed E-state index contributed by atoms with van der Waals surface area (Å²) in [4.78, 5) is 17.9. The van der Waals surface area contributed by atoms with E-state index in [9.17, 15) is 0 Å². The van der Waals surface area contributed by atoms with Crippen molar-refractivity contribution in [3.63, 3.8) is 0 Å². The quantitative estimate of drug-likeness (QED) is 0.467. The maximum absolute atomic E-state index is 8.93. The Morgan fingerprint density at radius 3 is 1.00 bits per heavy atom. The van der Waals surface area contributed by atoms with Crippen LogP contribution in [-0.4, -0.2) is 11.9 Å². The molecule has 0 aromatic carbocycles. The fourth-order valence-electron chi connectivity index (χ4n) is 0. The topological polar surface area (TPSA) is 115 Å². The van der Waals surface area contributed by atoms with Gasteiger partial charge in [-0.15, -0.1) is 0 Å². The summed E-state index contributed by atoms with van der Waals surface area (Å²) in [7, 11) is 0. The molecule has 0 aliphatic heterocycles. The van der Waals surface area contributed by atoms with Crippen LogP contribution in [0.15, 0.2) is 0 Å². The van der Waals surface area contributed by atoms with Crippen LogP contribution in [0.1, 0.15) is 0 Å². The molecule has 0 aromatic heterocycles. The average molecular weight is 287 g/mol. The van der Waals surface area contributed by atoms with Gasteiger partial charge in [0.25, 0.3) is 0 Å². The number of aliphatic carboxylic acids is 2. The summed E-state index contributed by atoms with van der Waals surface area (Å²) in [6.45, 7) is 0. The first-order valence-corrected chi connectivity index (χ1v) is 1.07. The van der Waals surface area contributed by atoms with E-state index in [1.165, 1.54) is 0 Å². The van der Waals surface area contributed by atoms with Crippen molar-refractivity contribution in [2.75, 3.05) is 0 Å². The minimum Gasteiger partial charge on any atom is -0.543 e. The molecule has 0 heterocycles. The average Bonchev–Trinajstić information content (AvgIpc) is 1.36. The van der Waals surface area contributed by atoms with Crippen LogP contribution >= 0.6 is 0 Å². The van der Waals surface area contributed by atoms with E-state index in [2.05, 4.69) is 0 Å². The van der Waals surface area contributed by atoms with Crippen LogP contribution in [0.4, 0.5) is 0 Å². The largest absolute Gasteiger partial charge is 4.00 e. The van der Waals surface area contributed by atoms with Crippen molar-refractivity contribution in [3.05, 3.63) is 0 Å². The van der Waals surface area contributed by atoms with Gasteiger partial charge in [-0.25, -0.2) is 0 Å². The van der Waals surface area contributed by atoms with Crippen molar-refractivity contribution in [3.8, 4) is 0 Å². The number of carboxylic acid groups (broad SMARTS) is 2. The summed E-state index contributed by atoms with van der Waals surface area (Å²) in [6.07, 6.45) is 0. The molecule has 0 atom stereocenters. The molecule has 0 saturated carbocycles. The molecule has 5 nitrogen and oxygen atoms in total. The Hall–Kier alpha value is 0.666. The molecular weight excluding hydrogens is 284 g/mol. The molecule has 3 N–H and O–H groups in total. The van der Waals surface area contributed by atoms with Crippen LogP contribution < -0.4 is 16.4 Å². The maximum atomic E-state index is 8.93. The van der Waals surface area contributed by atoms with Crippen LogP contribution in [-0.2, 0) is 62.0 Å². The van der Waals surface area contributed by atoms with Crippen LogP contribution in [0.3, 0.4) is 0 Å². The molecule has 0 aromatic rings. The Labute approximate surface area is 89.6 Å². The van der Waals surface area contributed by atoms with E-state index in [4.69, 9.17) is 19.8 Å². The zero-order valence-electron chi connectivity index (χ0n) is 4.34. The monoisotopic (exact) mass is 285 g/mol. The van der Waals surface area contributed by atoms with Crippen LogP contribution in [0, 0.1) is 0 Å². The predicted molar refractivity (Wildman–Crippen MR) is 15.0 cm³/mol. The van der Waals surface area contributed by atoms with Crippen molar-refractivity contribution in [1.82, 2.24) is 6.15 Å². The second-order valence-corrected chi connectivity index (χ2v) is 0.575. The van der Waals surface area contributed by atoms with Crippen molar-refractivity contribution < 1.29 is 72.2 Å². The van der Waals surface area contributed by atoms with E-state index in [1.54, 1.807) is 0 Å². The zero-order chi connectivity index (χ0) is 5.15. The first-order chi connectivity index (χ1) is 2.64. The molecule has 9 heavy (non-hydrogen) atoms. The van der Waals surface area contributed by atoms with Gasteiger partial charge in [0.05, 0.1) is 11.9 Å². The minimum absolute atomic E-state index is 0. The van der Waals surface area contributed by atoms with E-state index in [0.717, 1.165) is 0 Å². The molecule has 0 aliphatic carbocycles. The van der Waals surface area contributed by atoms with Gasteiger partial charge < -0.3 is 26.0 Å². The number of carbonyl (C=O) groups excluding carboxylic acids is 2. The third-order valence-electron chi connectivity index (χ3n) is 0.167. The number of hydrogen-bond donors (Lipinski definition) is 1. The summed E-state index contributed by atoms with van der Waals surface area (Å²) >= 11 is 0. The van der Waals surface area contributed by atoms with Crippen molar-refractivity contribution in [1.29, 1.82) is 0 Å². The molecule has 0 saturated heterocycles. The predicted octanol–water partition coefficient (Wildman–Crippen LogP) is -3.36. The molecule has 7 heteroatoms. The fraction of sp³-hybridized carbons (Fsp3) is 0. The molecule has 0 aliphatic rings. The Kier molecular flexibility index (Phi) is 28.8. The number of carbonyl (C=O) groups is 2. The molecule has 0 spiro atoms.